The Labute approximate surface area is 90.2 Å². The monoisotopic (exact) mass is 204 g/mol. The summed E-state index contributed by atoms with van der Waals surface area (Å²) >= 11 is 0. The summed E-state index contributed by atoms with van der Waals surface area (Å²) < 4.78 is 5.55. The molecule has 1 unspecified atom stereocenters. The van der Waals surface area contributed by atoms with E-state index in [-0.39, 0.29) is 6.04 Å². The second-order valence-corrected chi connectivity index (χ2v) is 3.61. The largest absolute Gasteiger partial charge is 0.496 e. The molecule has 0 bridgehead atoms. The van der Waals surface area contributed by atoms with Gasteiger partial charge in [0.1, 0.15) is 5.76 Å². The number of rotatable bonds is 4. The van der Waals surface area contributed by atoms with Gasteiger partial charge in [-0.1, -0.05) is 6.07 Å². The third-order valence-electron chi connectivity index (χ3n) is 2.56. The van der Waals surface area contributed by atoms with Crippen molar-refractivity contribution in [1.82, 2.24) is 10.3 Å². The smallest absolute Gasteiger partial charge is 0.109 e. The predicted octanol–water partition coefficient (Wildman–Crippen LogP) is 1.52. The number of hydrogen-bond acceptors (Lipinski definition) is 3. The number of likely N-dealkylation sites (N-methyl/N-ethyl adjacent to an activating group) is 1. The van der Waals surface area contributed by atoms with Crippen LogP contribution >= 0.6 is 0 Å². The van der Waals surface area contributed by atoms with E-state index in [2.05, 4.69) is 16.4 Å². The van der Waals surface area contributed by atoms with Crippen LogP contribution in [0.2, 0.25) is 0 Å². The molecule has 2 heterocycles. The Kier molecular flexibility index (Phi) is 3.35. The van der Waals surface area contributed by atoms with Gasteiger partial charge in [0.15, 0.2) is 0 Å². The van der Waals surface area contributed by atoms with Crippen molar-refractivity contribution in [3.05, 3.63) is 41.9 Å². The van der Waals surface area contributed by atoms with Crippen LogP contribution in [-0.2, 0) is 11.2 Å². The second-order valence-electron chi connectivity index (χ2n) is 3.61. The Balaban J connectivity index is 2.02. The van der Waals surface area contributed by atoms with Crippen LogP contribution in [-0.4, -0.2) is 24.7 Å². The van der Waals surface area contributed by atoms with Crippen LogP contribution in [0.15, 0.2) is 36.2 Å². The molecule has 1 atom stereocenters. The van der Waals surface area contributed by atoms with Crippen molar-refractivity contribution >= 4 is 0 Å². The average molecular weight is 204 g/mol. The molecule has 3 nitrogen and oxygen atoms in total. The van der Waals surface area contributed by atoms with Crippen molar-refractivity contribution in [1.29, 1.82) is 0 Å². The minimum absolute atomic E-state index is 0.252. The molecule has 1 aliphatic rings. The third kappa shape index (κ3) is 2.57. The highest BCUT2D eigenvalue weighted by atomic mass is 16.5. The lowest BCUT2D eigenvalue weighted by Crippen LogP contribution is -2.30. The van der Waals surface area contributed by atoms with Gasteiger partial charge < -0.3 is 10.1 Å². The van der Waals surface area contributed by atoms with E-state index < -0.39 is 0 Å². The Morgan fingerprint density at radius 1 is 1.53 bits per heavy atom. The Morgan fingerprint density at radius 3 is 3.07 bits per heavy atom. The lowest BCUT2D eigenvalue weighted by atomic mass is 10.1. The molecule has 0 saturated carbocycles. The second kappa shape index (κ2) is 4.94. The van der Waals surface area contributed by atoms with E-state index in [4.69, 9.17) is 4.74 Å². The van der Waals surface area contributed by atoms with E-state index in [0.29, 0.717) is 0 Å². The van der Waals surface area contributed by atoms with Gasteiger partial charge in [-0.05, 0) is 25.3 Å². The number of aromatic nitrogens is 1. The Hall–Kier alpha value is -1.35. The molecule has 1 aromatic rings. The Morgan fingerprint density at radius 2 is 2.47 bits per heavy atom. The molecule has 1 aliphatic heterocycles. The fourth-order valence-corrected chi connectivity index (χ4v) is 1.75. The normalized spacial score (nSPS) is 17.0. The summed E-state index contributed by atoms with van der Waals surface area (Å²) in [6, 6.07) is 6.24. The molecule has 0 amide bonds. The van der Waals surface area contributed by atoms with Crippen LogP contribution in [0.5, 0.6) is 0 Å². The molecule has 0 aromatic carbocycles. The molecule has 2 rings (SSSR count). The van der Waals surface area contributed by atoms with E-state index in [0.717, 1.165) is 30.9 Å². The molecule has 3 heteroatoms. The highest BCUT2D eigenvalue weighted by Gasteiger charge is 2.17. The average Bonchev–Trinajstić information content (AvgIpc) is 2.81. The first kappa shape index (κ1) is 10.2. The van der Waals surface area contributed by atoms with Crippen LogP contribution in [0.25, 0.3) is 0 Å². The standard InChI is InChI=1S/C12H16N2O/c1-13-11(12-6-4-8-15-12)9-10-5-2-3-7-14-10/h2-3,5-7,11,13H,4,8-9H2,1H3. The van der Waals surface area contributed by atoms with Gasteiger partial charge in [-0.25, -0.2) is 0 Å². The summed E-state index contributed by atoms with van der Waals surface area (Å²) in [7, 11) is 1.95. The zero-order valence-electron chi connectivity index (χ0n) is 8.94. The van der Waals surface area contributed by atoms with Crippen molar-refractivity contribution < 1.29 is 4.74 Å². The third-order valence-corrected chi connectivity index (χ3v) is 2.56. The van der Waals surface area contributed by atoms with Gasteiger partial charge in [0, 0.05) is 24.7 Å². The fraction of sp³-hybridized carbons (Fsp3) is 0.417. The summed E-state index contributed by atoms with van der Waals surface area (Å²) in [5.41, 5.74) is 1.09. The summed E-state index contributed by atoms with van der Waals surface area (Å²) in [4.78, 5) is 4.32. The first-order valence-corrected chi connectivity index (χ1v) is 5.30. The van der Waals surface area contributed by atoms with E-state index in [1.807, 2.05) is 31.4 Å². The lowest BCUT2D eigenvalue weighted by molar-refractivity contribution is 0.216. The van der Waals surface area contributed by atoms with Crippen molar-refractivity contribution in [2.24, 2.45) is 0 Å². The zero-order chi connectivity index (χ0) is 10.5. The first-order valence-electron chi connectivity index (χ1n) is 5.30. The molecule has 0 spiro atoms. The topological polar surface area (TPSA) is 34.2 Å². The van der Waals surface area contributed by atoms with E-state index in [1.165, 1.54) is 0 Å². The minimum Gasteiger partial charge on any atom is -0.496 e. The van der Waals surface area contributed by atoms with Gasteiger partial charge in [0.2, 0.25) is 0 Å². The maximum absolute atomic E-state index is 5.55. The van der Waals surface area contributed by atoms with Crippen molar-refractivity contribution in [2.45, 2.75) is 18.9 Å². The summed E-state index contributed by atoms with van der Waals surface area (Å²) in [6.07, 6.45) is 5.88. The number of nitrogens with zero attached hydrogens (tertiary/aromatic N) is 1. The van der Waals surface area contributed by atoms with E-state index in [9.17, 15) is 0 Å². The van der Waals surface area contributed by atoms with Crippen LogP contribution in [0.3, 0.4) is 0 Å². The number of pyridine rings is 1. The summed E-state index contributed by atoms with van der Waals surface area (Å²) in [5.74, 6) is 1.06. The van der Waals surface area contributed by atoms with Crippen molar-refractivity contribution in [2.75, 3.05) is 13.7 Å². The van der Waals surface area contributed by atoms with Gasteiger partial charge in [-0.2, -0.15) is 0 Å². The van der Waals surface area contributed by atoms with Gasteiger partial charge >= 0.3 is 0 Å². The highest BCUT2D eigenvalue weighted by molar-refractivity contribution is 5.13. The van der Waals surface area contributed by atoms with Gasteiger partial charge in [-0.3, -0.25) is 4.98 Å². The van der Waals surface area contributed by atoms with Gasteiger partial charge in [-0.15, -0.1) is 0 Å². The molecule has 15 heavy (non-hydrogen) atoms. The molecule has 80 valence electrons. The maximum Gasteiger partial charge on any atom is 0.109 e. The van der Waals surface area contributed by atoms with Gasteiger partial charge in [0.25, 0.3) is 0 Å². The molecule has 1 N–H and O–H groups in total. The summed E-state index contributed by atoms with van der Waals surface area (Å²) in [5, 5.41) is 3.26. The minimum atomic E-state index is 0.252. The first-order chi connectivity index (χ1) is 7.40. The zero-order valence-corrected chi connectivity index (χ0v) is 8.94. The van der Waals surface area contributed by atoms with Crippen LogP contribution in [0, 0.1) is 0 Å². The fourth-order valence-electron chi connectivity index (χ4n) is 1.75. The molecular weight excluding hydrogens is 188 g/mol. The van der Waals surface area contributed by atoms with Crippen LogP contribution in [0.4, 0.5) is 0 Å². The lowest BCUT2D eigenvalue weighted by Gasteiger charge is -2.16. The van der Waals surface area contributed by atoms with E-state index >= 15 is 0 Å². The Bertz CT molecular complexity index is 335. The highest BCUT2D eigenvalue weighted by Crippen LogP contribution is 2.15. The van der Waals surface area contributed by atoms with Crippen LogP contribution < -0.4 is 5.32 Å². The molecule has 0 radical (unpaired) electrons. The van der Waals surface area contributed by atoms with Crippen molar-refractivity contribution in [3.8, 4) is 0 Å². The van der Waals surface area contributed by atoms with E-state index in [1.54, 1.807) is 0 Å². The SMILES string of the molecule is CNC(Cc1ccccn1)C1=CCCO1. The van der Waals surface area contributed by atoms with Crippen LogP contribution in [0.1, 0.15) is 12.1 Å². The number of hydrogen-bond donors (Lipinski definition) is 1. The molecule has 0 fully saturated rings. The predicted molar refractivity (Wildman–Crippen MR) is 59.4 cm³/mol. The molecule has 1 aromatic heterocycles. The quantitative estimate of drug-likeness (QED) is 0.807. The summed E-state index contributed by atoms with van der Waals surface area (Å²) in [6.45, 7) is 0.815. The van der Waals surface area contributed by atoms with Gasteiger partial charge in [0.05, 0.1) is 12.6 Å². The molecule has 0 aliphatic carbocycles. The molecular formula is C12H16N2O. The number of nitrogens with one attached hydrogen (secondary N) is 1. The van der Waals surface area contributed by atoms with Crippen molar-refractivity contribution in [3.63, 3.8) is 0 Å². The maximum atomic E-state index is 5.55. The number of ether oxygens (including phenoxy) is 1. The molecule has 0 saturated heterocycles.